The molecule has 1 saturated heterocycles. The fourth-order valence-electron chi connectivity index (χ4n) is 4.16. The van der Waals surface area contributed by atoms with Gasteiger partial charge in [0.15, 0.2) is 15.8 Å². The van der Waals surface area contributed by atoms with Crippen LogP contribution in [0, 0.1) is 0 Å². The number of amides is 4. The SMILES string of the molecule is CCC1(c2ccccc2)C(=O)N(CSC(N)=Nc2ccccc2)C(=O)N(CSC(N)=Nc2ccccc2)C1=O. The average molecular weight is 561 g/mol. The molecule has 1 aliphatic heterocycles. The van der Waals surface area contributed by atoms with E-state index < -0.39 is 23.3 Å². The van der Waals surface area contributed by atoms with Crippen LogP contribution < -0.4 is 11.5 Å². The molecular formula is C28H28N6O3S2. The van der Waals surface area contributed by atoms with E-state index in [1.165, 1.54) is 0 Å². The summed E-state index contributed by atoms with van der Waals surface area (Å²) in [6, 6.07) is 26.3. The van der Waals surface area contributed by atoms with Crippen molar-refractivity contribution < 1.29 is 14.4 Å². The Balaban J connectivity index is 1.62. The van der Waals surface area contributed by atoms with Crippen LogP contribution in [0.2, 0.25) is 0 Å². The van der Waals surface area contributed by atoms with Crippen LogP contribution in [-0.4, -0.2) is 49.7 Å². The van der Waals surface area contributed by atoms with Crippen LogP contribution in [-0.2, 0) is 15.0 Å². The van der Waals surface area contributed by atoms with Crippen LogP contribution in [0.1, 0.15) is 18.9 Å². The van der Waals surface area contributed by atoms with E-state index in [1.54, 1.807) is 61.5 Å². The molecule has 1 heterocycles. The maximum Gasteiger partial charge on any atom is 0.335 e. The molecule has 0 spiro atoms. The Labute approximate surface area is 235 Å². The number of hydrogen-bond donors (Lipinski definition) is 2. The van der Waals surface area contributed by atoms with E-state index in [9.17, 15) is 14.4 Å². The third-order valence-electron chi connectivity index (χ3n) is 6.15. The minimum Gasteiger partial charge on any atom is -0.378 e. The minimum absolute atomic E-state index is 0.115. The number of benzene rings is 3. The molecule has 200 valence electrons. The predicted molar refractivity (Wildman–Crippen MR) is 158 cm³/mol. The maximum atomic E-state index is 13.9. The molecule has 9 nitrogen and oxygen atoms in total. The Morgan fingerprint density at radius 2 is 1.08 bits per heavy atom. The Kier molecular flexibility index (Phi) is 9.05. The molecule has 11 heteroatoms. The number of hydrogen-bond acceptors (Lipinski definition) is 7. The lowest BCUT2D eigenvalue weighted by Crippen LogP contribution is -2.66. The molecule has 39 heavy (non-hydrogen) atoms. The number of carbonyl (C=O) groups is 3. The minimum atomic E-state index is -1.58. The van der Waals surface area contributed by atoms with E-state index >= 15 is 0 Å². The summed E-state index contributed by atoms with van der Waals surface area (Å²) >= 11 is 2.08. The van der Waals surface area contributed by atoms with Crippen LogP contribution in [0.4, 0.5) is 16.2 Å². The van der Waals surface area contributed by atoms with E-state index in [0.29, 0.717) is 16.9 Å². The smallest absolute Gasteiger partial charge is 0.335 e. The van der Waals surface area contributed by atoms with Gasteiger partial charge in [0.25, 0.3) is 11.8 Å². The van der Waals surface area contributed by atoms with Gasteiger partial charge in [-0.05, 0) is 36.2 Å². The number of nitrogens with zero attached hydrogens (tertiary/aromatic N) is 4. The van der Waals surface area contributed by atoms with Gasteiger partial charge in [0, 0.05) is 0 Å². The molecular weight excluding hydrogens is 532 g/mol. The first-order valence-electron chi connectivity index (χ1n) is 12.1. The zero-order valence-electron chi connectivity index (χ0n) is 21.3. The lowest BCUT2D eigenvalue weighted by molar-refractivity contribution is -0.151. The average Bonchev–Trinajstić information content (AvgIpc) is 2.95. The Morgan fingerprint density at radius 1 is 0.692 bits per heavy atom. The number of amidine groups is 2. The number of barbiturate groups is 1. The molecule has 0 aliphatic carbocycles. The van der Waals surface area contributed by atoms with Gasteiger partial charge in [-0.2, -0.15) is 0 Å². The second kappa shape index (κ2) is 12.6. The summed E-state index contributed by atoms with van der Waals surface area (Å²) in [5.41, 5.74) is 12.4. The number of rotatable bonds is 8. The zero-order chi connectivity index (χ0) is 27.8. The molecule has 3 aromatic carbocycles. The van der Waals surface area contributed by atoms with Gasteiger partial charge in [-0.15, -0.1) is 0 Å². The Hall–Kier alpha value is -4.09. The molecule has 3 aromatic rings. The molecule has 0 bridgehead atoms. The van der Waals surface area contributed by atoms with Gasteiger partial charge in [-0.1, -0.05) is 97.2 Å². The van der Waals surface area contributed by atoms with E-state index in [2.05, 4.69) is 9.98 Å². The summed E-state index contributed by atoms with van der Waals surface area (Å²) < 4.78 is 0. The third-order valence-corrected chi connectivity index (χ3v) is 7.70. The van der Waals surface area contributed by atoms with Gasteiger partial charge >= 0.3 is 6.03 Å². The first kappa shape index (κ1) is 27.9. The molecule has 1 aliphatic rings. The van der Waals surface area contributed by atoms with Gasteiger partial charge in [0.05, 0.1) is 23.1 Å². The molecule has 4 N–H and O–H groups in total. The van der Waals surface area contributed by atoms with E-state index in [1.807, 2.05) is 36.4 Å². The number of nitrogens with two attached hydrogens (primary N) is 2. The van der Waals surface area contributed by atoms with Crippen molar-refractivity contribution in [2.75, 3.05) is 11.8 Å². The third kappa shape index (κ3) is 6.15. The predicted octanol–water partition coefficient (Wildman–Crippen LogP) is 4.80. The van der Waals surface area contributed by atoms with E-state index in [4.69, 9.17) is 11.5 Å². The summed E-state index contributed by atoms with van der Waals surface area (Å²) in [6.45, 7) is 1.76. The highest BCUT2D eigenvalue weighted by atomic mass is 32.2. The van der Waals surface area contributed by atoms with Crippen LogP contribution in [0.5, 0.6) is 0 Å². The van der Waals surface area contributed by atoms with Crippen molar-refractivity contribution in [3.63, 3.8) is 0 Å². The van der Waals surface area contributed by atoms with Crippen LogP contribution in [0.3, 0.4) is 0 Å². The molecule has 0 saturated carbocycles. The molecule has 4 amide bonds. The van der Waals surface area contributed by atoms with Crippen molar-refractivity contribution in [1.82, 2.24) is 9.80 Å². The van der Waals surface area contributed by atoms with Crippen LogP contribution in [0.15, 0.2) is 101 Å². The lowest BCUT2D eigenvalue weighted by Gasteiger charge is -2.43. The highest BCUT2D eigenvalue weighted by molar-refractivity contribution is 8.14. The maximum absolute atomic E-state index is 13.9. The summed E-state index contributed by atoms with van der Waals surface area (Å²) in [4.78, 5) is 52.1. The monoisotopic (exact) mass is 560 g/mol. The van der Waals surface area contributed by atoms with Crippen molar-refractivity contribution in [3.05, 3.63) is 96.6 Å². The molecule has 0 radical (unpaired) electrons. The van der Waals surface area contributed by atoms with Gasteiger partial charge in [-0.25, -0.2) is 14.8 Å². The first-order chi connectivity index (χ1) is 18.9. The van der Waals surface area contributed by atoms with Gasteiger partial charge in [0.2, 0.25) is 0 Å². The number of imide groups is 2. The second-order valence-electron chi connectivity index (χ2n) is 8.49. The molecule has 4 rings (SSSR count). The van der Waals surface area contributed by atoms with Crippen LogP contribution >= 0.6 is 23.5 Å². The van der Waals surface area contributed by atoms with E-state index in [-0.39, 0.29) is 28.5 Å². The van der Waals surface area contributed by atoms with E-state index in [0.717, 1.165) is 33.3 Å². The van der Waals surface area contributed by atoms with Crippen LogP contribution in [0.25, 0.3) is 0 Å². The summed E-state index contributed by atoms with van der Waals surface area (Å²) in [5, 5.41) is 0.362. The summed E-state index contributed by atoms with van der Waals surface area (Å²) in [5.74, 6) is -1.43. The molecule has 0 atom stereocenters. The number of thioether (sulfide) groups is 2. The molecule has 1 fully saturated rings. The standard InChI is InChI=1S/C28H28N6O3S2/c1-2-28(20-12-6-3-7-13-20)23(35)33(18-38-25(29)31-21-14-8-4-9-15-21)27(37)34(24(28)36)19-39-26(30)32-22-16-10-5-11-17-22/h3-17H,2,18-19H2,1H3,(H2,29,31)(H2,30,32). The number of aliphatic imine (C=N–C) groups is 2. The second-order valence-corrected chi connectivity index (χ2v) is 10.4. The zero-order valence-corrected chi connectivity index (χ0v) is 22.9. The largest absolute Gasteiger partial charge is 0.378 e. The molecule has 0 unspecified atom stereocenters. The van der Waals surface area contributed by atoms with Gasteiger partial charge in [0.1, 0.15) is 0 Å². The van der Waals surface area contributed by atoms with Crippen molar-refractivity contribution in [2.45, 2.75) is 18.8 Å². The topological polar surface area (TPSA) is 134 Å². The summed E-state index contributed by atoms with van der Waals surface area (Å²) in [6.07, 6.45) is 0.158. The highest BCUT2D eigenvalue weighted by Gasteiger charge is 2.57. The van der Waals surface area contributed by atoms with Gasteiger partial charge < -0.3 is 11.5 Å². The Morgan fingerprint density at radius 3 is 1.46 bits per heavy atom. The highest BCUT2D eigenvalue weighted by Crippen LogP contribution is 2.38. The normalized spacial score (nSPS) is 18.5. The van der Waals surface area contributed by atoms with Gasteiger partial charge in [-0.3, -0.25) is 19.4 Å². The number of para-hydroxylation sites is 2. The number of carbonyl (C=O) groups excluding carboxylic acids is 3. The molecule has 0 aromatic heterocycles. The van der Waals surface area contributed by atoms with Crippen molar-refractivity contribution in [2.24, 2.45) is 21.5 Å². The van der Waals surface area contributed by atoms with Crippen molar-refractivity contribution in [1.29, 1.82) is 0 Å². The Bertz CT molecular complexity index is 1300. The van der Waals surface area contributed by atoms with Crippen molar-refractivity contribution >= 4 is 63.1 Å². The van der Waals surface area contributed by atoms with Crippen molar-refractivity contribution in [3.8, 4) is 0 Å². The number of urea groups is 1. The quantitative estimate of drug-likeness (QED) is 0.230. The first-order valence-corrected chi connectivity index (χ1v) is 14.1. The lowest BCUT2D eigenvalue weighted by atomic mass is 9.74. The fourth-order valence-corrected chi connectivity index (χ4v) is 5.48. The fraction of sp³-hybridized carbons (Fsp3) is 0.179. The summed E-state index contributed by atoms with van der Waals surface area (Å²) in [7, 11) is 0.